The Morgan fingerprint density at radius 3 is 2.74 bits per heavy atom. The van der Waals surface area contributed by atoms with E-state index in [0.29, 0.717) is 22.1 Å². The number of rotatable bonds is 3. The third-order valence-electron chi connectivity index (χ3n) is 6.15. The van der Waals surface area contributed by atoms with Gasteiger partial charge in [0.2, 0.25) is 0 Å². The second kappa shape index (κ2) is 8.11. The molecule has 0 aromatic heterocycles. The van der Waals surface area contributed by atoms with Crippen molar-refractivity contribution in [3.8, 4) is 11.5 Å². The Balaban J connectivity index is 1.50. The molecule has 3 aliphatic heterocycles. The zero-order valence-corrected chi connectivity index (χ0v) is 19.8. The van der Waals surface area contributed by atoms with E-state index >= 15 is 0 Å². The molecule has 2 unspecified atom stereocenters. The van der Waals surface area contributed by atoms with Crippen LogP contribution in [-0.2, 0) is 0 Å². The van der Waals surface area contributed by atoms with Gasteiger partial charge in [-0.05, 0) is 59.3 Å². The van der Waals surface area contributed by atoms with E-state index in [-0.39, 0.29) is 11.3 Å². The lowest BCUT2D eigenvalue weighted by molar-refractivity contribution is -0.0949. The molecule has 2 atom stereocenters. The number of benzene rings is 3. The first-order valence-corrected chi connectivity index (χ1v) is 12.0. The average Bonchev–Trinajstić information content (AvgIpc) is 3.44. The number of amides is 1. The highest BCUT2D eigenvalue weighted by atomic mass is 35.5. The zero-order valence-electron chi connectivity index (χ0n) is 18.2. The summed E-state index contributed by atoms with van der Waals surface area (Å²) in [4.78, 5) is 13.5. The Labute approximate surface area is 206 Å². The van der Waals surface area contributed by atoms with Crippen LogP contribution in [0.5, 0.6) is 11.5 Å². The van der Waals surface area contributed by atoms with Crippen molar-refractivity contribution in [1.29, 1.82) is 0 Å². The number of methoxy groups -OCH3 is 1. The number of ether oxygens (including phenoxy) is 2. The molecule has 0 aliphatic carbocycles. The summed E-state index contributed by atoms with van der Waals surface area (Å²) in [5.74, 6) is 0.198. The monoisotopic (exact) mass is 489 g/mol. The maximum Gasteiger partial charge on any atom is 0.314 e. The zero-order chi connectivity index (χ0) is 23.3. The summed E-state index contributed by atoms with van der Waals surface area (Å²) in [5.41, 5.74) is 3.83. The van der Waals surface area contributed by atoms with Gasteiger partial charge in [0.25, 0.3) is 5.24 Å². The molecule has 1 N–H and O–H groups in total. The first-order chi connectivity index (χ1) is 16.6. The molecule has 0 saturated carbocycles. The molecule has 3 aliphatic rings. The molecular formula is C26H20ClN3O3S. The van der Waals surface area contributed by atoms with Crippen molar-refractivity contribution in [2.75, 3.05) is 7.11 Å². The summed E-state index contributed by atoms with van der Waals surface area (Å²) in [6.45, 7) is 0. The molecule has 3 heterocycles. The van der Waals surface area contributed by atoms with Crippen molar-refractivity contribution in [3.63, 3.8) is 0 Å². The summed E-state index contributed by atoms with van der Waals surface area (Å²) in [6.07, 6.45) is 2.62. The van der Waals surface area contributed by atoms with Crippen LogP contribution in [0.2, 0.25) is 5.02 Å². The van der Waals surface area contributed by atoms with Gasteiger partial charge in [-0.1, -0.05) is 54.1 Å². The Morgan fingerprint density at radius 1 is 1.18 bits per heavy atom. The van der Waals surface area contributed by atoms with E-state index in [1.807, 2.05) is 77.8 Å². The molecule has 8 heteroatoms. The third-order valence-corrected chi connectivity index (χ3v) is 7.29. The van der Waals surface area contributed by atoms with Crippen molar-refractivity contribution in [2.45, 2.75) is 18.3 Å². The molecule has 6 rings (SSSR count). The minimum Gasteiger partial charge on any atom is -0.497 e. The fourth-order valence-electron chi connectivity index (χ4n) is 4.55. The number of carbonyl (C=O) groups is 1. The fourth-order valence-corrected chi connectivity index (χ4v) is 5.63. The van der Waals surface area contributed by atoms with Gasteiger partial charge in [0.1, 0.15) is 11.5 Å². The summed E-state index contributed by atoms with van der Waals surface area (Å²) < 4.78 is 11.8. The van der Waals surface area contributed by atoms with Gasteiger partial charge in [0, 0.05) is 17.0 Å². The number of nitrogens with one attached hydrogen (secondary N) is 1. The maximum absolute atomic E-state index is 12.7. The summed E-state index contributed by atoms with van der Waals surface area (Å²) in [5, 5.41) is 10.4. The molecular weight excluding hydrogens is 470 g/mol. The lowest BCUT2D eigenvalue weighted by Gasteiger charge is -2.45. The van der Waals surface area contributed by atoms with Crippen molar-refractivity contribution < 1.29 is 14.3 Å². The summed E-state index contributed by atoms with van der Waals surface area (Å²) >= 11 is 7.47. The highest BCUT2D eigenvalue weighted by Crippen LogP contribution is 2.53. The molecule has 0 radical (unpaired) electrons. The molecule has 3 aromatic carbocycles. The van der Waals surface area contributed by atoms with Gasteiger partial charge >= 0.3 is 5.85 Å². The van der Waals surface area contributed by atoms with Crippen molar-refractivity contribution in [3.05, 3.63) is 99.4 Å². The quantitative estimate of drug-likeness (QED) is 0.485. The molecule has 170 valence electrons. The van der Waals surface area contributed by atoms with Gasteiger partial charge in [0.15, 0.2) is 0 Å². The Hall–Kier alpha value is -3.42. The minimum absolute atomic E-state index is 0.143. The Kier molecular flexibility index (Phi) is 5.04. The van der Waals surface area contributed by atoms with E-state index < -0.39 is 5.85 Å². The number of hydrogen-bond acceptors (Lipinski definition) is 6. The molecule has 0 bridgehead atoms. The molecule has 34 heavy (non-hydrogen) atoms. The summed E-state index contributed by atoms with van der Waals surface area (Å²) in [6, 6.07) is 23.1. The Bertz CT molecular complexity index is 1340. The van der Waals surface area contributed by atoms with Crippen LogP contribution in [0.3, 0.4) is 0 Å². The topological polar surface area (TPSA) is 63.2 Å². The number of hydrogen-bond donors (Lipinski definition) is 1. The fraction of sp³-hybridized carbons (Fsp3) is 0.154. The highest BCUT2D eigenvalue weighted by molar-refractivity contribution is 8.17. The lowest BCUT2D eigenvalue weighted by Crippen LogP contribution is -2.61. The van der Waals surface area contributed by atoms with E-state index in [1.165, 1.54) is 0 Å². The van der Waals surface area contributed by atoms with E-state index in [0.717, 1.165) is 39.9 Å². The second-order valence-electron chi connectivity index (χ2n) is 8.20. The maximum atomic E-state index is 12.7. The lowest BCUT2D eigenvalue weighted by atomic mass is 9.95. The normalized spacial score (nSPS) is 23.9. The molecule has 1 amide bonds. The van der Waals surface area contributed by atoms with Gasteiger partial charge in [-0.3, -0.25) is 10.1 Å². The van der Waals surface area contributed by atoms with Crippen molar-refractivity contribution in [2.24, 2.45) is 5.10 Å². The predicted octanol–water partition coefficient (Wildman–Crippen LogP) is 6.04. The first-order valence-electron chi connectivity index (χ1n) is 10.8. The molecule has 6 nitrogen and oxygen atoms in total. The van der Waals surface area contributed by atoms with Crippen LogP contribution in [-0.4, -0.2) is 28.9 Å². The van der Waals surface area contributed by atoms with Crippen LogP contribution in [0, 0.1) is 0 Å². The molecule has 1 spiro atoms. The van der Waals surface area contributed by atoms with Crippen LogP contribution >= 0.6 is 23.4 Å². The number of hydrazone groups is 1. The number of fused-ring (bicyclic) bond motifs is 4. The first kappa shape index (κ1) is 21.1. The molecule has 3 aromatic rings. The van der Waals surface area contributed by atoms with E-state index in [9.17, 15) is 4.79 Å². The number of carbonyl (C=O) groups excluding carboxylic acids is 1. The highest BCUT2D eigenvalue weighted by Gasteiger charge is 2.58. The smallest absolute Gasteiger partial charge is 0.314 e. The van der Waals surface area contributed by atoms with E-state index in [4.69, 9.17) is 26.2 Å². The molecule has 1 saturated heterocycles. The standard InChI is InChI=1S/C26H20ClN3O3S/c1-32-19-10-7-16(8-11-19)13-24-26(28-25(31)34-24)30-22(20-14-18(27)9-12-23(20)33-26)15-21(29-30)17-5-3-2-4-6-17/h2-14,22H,15H2,1H3,(H,28,31)/b24-13-. The Morgan fingerprint density at radius 2 is 1.97 bits per heavy atom. The average molecular weight is 490 g/mol. The van der Waals surface area contributed by atoms with Gasteiger partial charge < -0.3 is 9.47 Å². The largest absolute Gasteiger partial charge is 0.497 e. The van der Waals surface area contributed by atoms with Crippen LogP contribution in [0.25, 0.3) is 6.08 Å². The number of halogens is 1. The van der Waals surface area contributed by atoms with Crippen LogP contribution in [0.4, 0.5) is 4.79 Å². The predicted molar refractivity (Wildman–Crippen MR) is 134 cm³/mol. The minimum atomic E-state index is -1.25. The van der Waals surface area contributed by atoms with E-state index in [1.54, 1.807) is 13.2 Å². The number of thioether (sulfide) groups is 1. The third kappa shape index (κ3) is 3.43. The van der Waals surface area contributed by atoms with Gasteiger partial charge in [-0.25, -0.2) is 5.01 Å². The van der Waals surface area contributed by atoms with Crippen LogP contribution in [0.15, 0.2) is 82.8 Å². The van der Waals surface area contributed by atoms with Crippen molar-refractivity contribution >= 4 is 40.4 Å². The van der Waals surface area contributed by atoms with Crippen LogP contribution in [0.1, 0.15) is 29.2 Å². The van der Waals surface area contributed by atoms with Gasteiger partial charge in [0.05, 0.1) is 23.8 Å². The van der Waals surface area contributed by atoms with Gasteiger partial charge in [-0.15, -0.1) is 0 Å². The van der Waals surface area contributed by atoms with Crippen LogP contribution < -0.4 is 14.8 Å². The van der Waals surface area contributed by atoms with Gasteiger partial charge in [-0.2, -0.15) is 5.10 Å². The molecule has 1 fully saturated rings. The van der Waals surface area contributed by atoms with Crippen molar-refractivity contribution in [1.82, 2.24) is 10.3 Å². The number of nitrogens with zero attached hydrogens (tertiary/aromatic N) is 2. The SMILES string of the molecule is COc1ccc(/C=C2\SC(=O)NC23Oc2ccc(Cl)cc2C2CC(c4ccccc4)=NN23)cc1. The van der Waals surface area contributed by atoms with E-state index in [2.05, 4.69) is 5.32 Å². The second-order valence-corrected chi connectivity index (χ2v) is 9.65. The summed E-state index contributed by atoms with van der Waals surface area (Å²) in [7, 11) is 1.63.